The van der Waals surface area contributed by atoms with E-state index in [9.17, 15) is 4.79 Å². The molecule has 2 heterocycles. The number of rotatable bonds is 3. The zero-order valence-electron chi connectivity index (χ0n) is 10.5. The van der Waals surface area contributed by atoms with E-state index < -0.39 is 0 Å². The summed E-state index contributed by atoms with van der Waals surface area (Å²) in [5, 5.41) is 6.37. The molecule has 0 fully saturated rings. The van der Waals surface area contributed by atoms with Gasteiger partial charge < -0.3 is 10.6 Å². The van der Waals surface area contributed by atoms with E-state index >= 15 is 0 Å². The number of aromatic nitrogens is 2. The highest BCUT2D eigenvalue weighted by molar-refractivity contribution is 7.18. The van der Waals surface area contributed by atoms with Crippen LogP contribution in [0.2, 0.25) is 0 Å². The number of nitrogens with one attached hydrogen (secondary N) is 2. The van der Waals surface area contributed by atoms with Gasteiger partial charge in [-0.05, 0) is 24.3 Å². The van der Waals surface area contributed by atoms with Gasteiger partial charge in [-0.2, -0.15) is 0 Å². The van der Waals surface area contributed by atoms with Crippen molar-refractivity contribution in [1.82, 2.24) is 15.3 Å². The van der Waals surface area contributed by atoms with Crippen LogP contribution in [0.3, 0.4) is 0 Å². The van der Waals surface area contributed by atoms with Crippen molar-refractivity contribution >= 4 is 33.3 Å². The maximum Gasteiger partial charge on any atom is 0.319 e. The quantitative estimate of drug-likeness (QED) is 0.777. The van der Waals surface area contributed by atoms with Gasteiger partial charge >= 0.3 is 6.03 Å². The van der Waals surface area contributed by atoms with Crippen molar-refractivity contribution in [2.75, 3.05) is 5.32 Å². The van der Waals surface area contributed by atoms with E-state index in [4.69, 9.17) is 0 Å². The molecular weight excluding hydrogens is 272 g/mol. The molecular formula is C14H12N4OS. The number of benzene rings is 1. The first-order valence-corrected chi connectivity index (χ1v) is 6.92. The number of carbonyl (C=O) groups is 1. The van der Waals surface area contributed by atoms with Crippen molar-refractivity contribution in [3.63, 3.8) is 0 Å². The largest absolute Gasteiger partial charge is 0.331 e. The number of nitrogens with zero attached hydrogens (tertiary/aromatic N) is 2. The zero-order valence-corrected chi connectivity index (χ0v) is 11.4. The molecule has 0 spiro atoms. The SMILES string of the molecule is O=C(NCc1nc2ccccc2s1)Nc1cccnc1. The van der Waals surface area contributed by atoms with Crippen molar-refractivity contribution in [3.05, 3.63) is 53.8 Å². The van der Waals surface area contributed by atoms with E-state index in [-0.39, 0.29) is 6.03 Å². The number of pyridine rings is 1. The van der Waals surface area contributed by atoms with Crippen LogP contribution in [0.5, 0.6) is 0 Å². The molecule has 2 aromatic heterocycles. The van der Waals surface area contributed by atoms with E-state index in [0.717, 1.165) is 15.2 Å². The number of fused-ring (bicyclic) bond motifs is 1. The van der Waals surface area contributed by atoms with Gasteiger partial charge in [0.2, 0.25) is 0 Å². The van der Waals surface area contributed by atoms with E-state index in [1.807, 2.05) is 24.3 Å². The molecule has 1 aromatic carbocycles. The van der Waals surface area contributed by atoms with E-state index in [1.165, 1.54) is 0 Å². The van der Waals surface area contributed by atoms with Crippen LogP contribution < -0.4 is 10.6 Å². The minimum Gasteiger partial charge on any atom is -0.331 e. The maximum absolute atomic E-state index is 11.7. The van der Waals surface area contributed by atoms with E-state index in [1.54, 1.807) is 35.9 Å². The summed E-state index contributed by atoms with van der Waals surface area (Å²) in [5.41, 5.74) is 1.62. The summed E-state index contributed by atoms with van der Waals surface area (Å²) >= 11 is 1.58. The van der Waals surface area contributed by atoms with Gasteiger partial charge in [0, 0.05) is 6.20 Å². The summed E-state index contributed by atoms with van der Waals surface area (Å²) in [4.78, 5) is 20.1. The molecule has 0 unspecified atom stereocenters. The maximum atomic E-state index is 11.7. The van der Waals surface area contributed by atoms with Gasteiger partial charge in [-0.25, -0.2) is 9.78 Å². The summed E-state index contributed by atoms with van der Waals surface area (Å²) in [5.74, 6) is 0. The second-order valence-corrected chi connectivity index (χ2v) is 5.24. The van der Waals surface area contributed by atoms with Crippen molar-refractivity contribution in [2.24, 2.45) is 0 Å². The Bertz CT molecular complexity index is 693. The molecule has 0 aliphatic rings. The third kappa shape index (κ3) is 2.92. The van der Waals surface area contributed by atoms with Crippen molar-refractivity contribution in [3.8, 4) is 0 Å². The lowest BCUT2D eigenvalue weighted by atomic mass is 10.3. The van der Waals surface area contributed by atoms with Gasteiger partial charge in [0.25, 0.3) is 0 Å². The molecule has 3 aromatic rings. The predicted octanol–water partition coefficient (Wildman–Crippen LogP) is 3.01. The molecule has 100 valence electrons. The molecule has 20 heavy (non-hydrogen) atoms. The Morgan fingerprint density at radius 3 is 2.90 bits per heavy atom. The molecule has 2 amide bonds. The molecule has 5 nitrogen and oxygen atoms in total. The van der Waals surface area contributed by atoms with E-state index in [0.29, 0.717) is 12.2 Å². The van der Waals surface area contributed by atoms with E-state index in [2.05, 4.69) is 20.6 Å². The van der Waals surface area contributed by atoms with Gasteiger partial charge in [-0.15, -0.1) is 11.3 Å². The molecule has 2 N–H and O–H groups in total. The average Bonchev–Trinajstić information content (AvgIpc) is 2.89. The minimum atomic E-state index is -0.266. The van der Waals surface area contributed by atoms with Gasteiger partial charge in [-0.1, -0.05) is 12.1 Å². The number of hydrogen-bond donors (Lipinski definition) is 2. The Morgan fingerprint density at radius 1 is 1.20 bits per heavy atom. The number of para-hydroxylation sites is 1. The van der Waals surface area contributed by atoms with Crippen LogP contribution in [0.25, 0.3) is 10.2 Å². The highest BCUT2D eigenvalue weighted by Gasteiger charge is 2.05. The van der Waals surface area contributed by atoms with Crippen LogP contribution in [0, 0.1) is 0 Å². The van der Waals surface area contributed by atoms with Crippen molar-refractivity contribution in [2.45, 2.75) is 6.54 Å². The monoisotopic (exact) mass is 284 g/mol. The number of amides is 2. The minimum absolute atomic E-state index is 0.266. The molecule has 0 radical (unpaired) electrons. The van der Waals surface area contributed by atoms with Crippen molar-refractivity contribution in [1.29, 1.82) is 0 Å². The Kier molecular flexibility index (Phi) is 3.56. The molecule has 0 saturated carbocycles. The van der Waals surface area contributed by atoms with Gasteiger partial charge in [-0.3, -0.25) is 4.98 Å². The zero-order chi connectivity index (χ0) is 13.8. The molecule has 0 saturated heterocycles. The molecule has 0 aliphatic carbocycles. The Labute approximate surface area is 119 Å². The third-order valence-corrected chi connectivity index (χ3v) is 3.69. The summed E-state index contributed by atoms with van der Waals surface area (Å²) in [6.07, 6.45) is 3.25. The lowest BCUT2D eigenvalue weighted by Crippen LogP contribution is -2.28. The fraction of sp³-hybridized carbons (Fsp3) is 0.0714. The Morgan fingerprint density at radius 2 is 2.10 bits per heavy atom. The van der Waals surface area contributed by atoms with Crippen LogP contribution in [0.1, 0.15) is 5.01 Å². The van der Waals surface area contributed by atoms with Crippen LogP contribution in [0.15, 0.2) is 48.8 Å². The van der Waals surface area contributed by atoms with Gasteiger partial charge in [0.1, 0.15) is 5.01 Å². The molecule has 0 aliphatic heterocycles. The first-order chi connectivity index (χ1) is 9.81. The normalized spacial score (nSPS) is 10.4. The van der Waals surface area contributed by atoms with Crippen molar-refractivity contribution < 1.29 is 4.79 Å². The summed E-state index contributed by atoms with van der Waals surface area (Å²) < 4.78 is 1.12. The average molecular weight is 284 g/mol. The second kappa shape index (κ2) is 5.66. The second-order valence-electron chi connectivity index (χ2n) is 4.12. The number of urea groups is 1. The topological polar surface area (TPSA) is 66.9 Å². The summed E-state index contributed by atoms with van der Waals surface area (Å²) in [6, 6.07) is 11.2. The fourth-order valence-corrected chi connectivity index (χ4v) is 2.67. The van der Waals surface area contributed by atoms with Crippen LogP contribution in [0.4, 0.5) is 10.5 Å². The number of anilines is 1. The number of carbonyl (C=O) groups excluding carboxylic acids is 1. The van der Waals surface area contributed by atoms with Gasteiger partial charge in [0.15, 0.2) is 0 Å². The summed E-state index contributed by atoms with van der Waals surface area (Å²) in [6.45, 7) is 0.408. The van der Waals surface area contributed by atoms with Crippen LogP contribution in [-0.2, 0) is 6.54 Å². The highest BCUT2D eigenvalue weighted by atomic mass is 32.1. The first kappa shape index (κ1) is 12.6. The summed E-state index contributed by atoms with van der Waals surface area (Å²) in [7, 11) is 0. The fourth-order valence-electron chi connectivity index (χ4n) is 1.76. The van der Waals surface area contributed by atoms with Crippen LogP contribution >= 0.6 is 11.3 Å². The van der Waals surface area contributed by atoms with Crippen LogP contribution in [-0.4, -0.2) is 16.0 Å². The lowest BCUT2D eigenvalue weighted by molar-refractivity contribution is 0.251. The van der Waals surface area contributed by atoms with Gasteiger partial charge in [0.05, 0.1) is 28.6 Å². The first-order valence-electron chi connectivity index (χ1n) is 6.10. The lowest BCUT2D eigenvalue weighted by Gasteiger charge is -2.05. The molecule has 3 rings (SSSR count). The standard InChI is InChI=1S/C14H12N4OS/c19-14(17-10-4-3-7-15-8-10)16-9-13-18-11-5-1-2-6-12(11)20-13/h1-8H,9H2,(H2,16,17,19). The number of thiazole rings is 1. The molecule has 6 heteroatoms. The predicted molar refractivity (Wildman–Crippen MR) is 79.7 cm³/mol. The number of hydrogen-bond acceptors (Lipinski definition) is 4. The Hall–Kier alpha value is -2.47. The Balaban J connectivity index is 1.60. The highest BCUT2D eigenvalue weighted by Crippen LogP contribution is 2.21. The molecule has 0 atom stereocenters. The molecule has 0 bridgehead atoms. The smallest absolute Gasteiger partial charge is 0.319 e. The third-order valence-electron chi connectivity index (χ3n) is 2.66.